The monoisotopic (exact) mass is 228 g/mol. The van der Waals surface area contributed by atoms with E-state index in [-0.39, 0.29) is 17.9 Å². The Bertz CT molecular complexity index is 603. The first-order chi connectivity index (χ1) is 8.20. The normalized spacial score (nSPS) is 20.8. The molecule has 5 nitrogen and oxygen atoms in total. The van der Waals surface area contributed by atoms with Gasteiger partial charge >= 0.3 is 5.97 Å². The summed E-state index contributed by atoms with van der Waals surface area (Å²) in [7, 11) is 1.30. The molecule has 0 fully saturated rings. The third-order valence-corrected chi connectivity index (χ3v) is 2.82. The SMILES string of the molecule is COC(=O)C1=CC2=C3C=CN=C3C(=O)CC2=N1. The highest BCUT2D eigenvalue weighted by atomic mass is 16.5. The van der Waals surface area contributed by atoms with Crippen molar-refractivity contribution in [3.05, 3.63) is 35.2 Å². The van der Waals surface area contributed by atoms with Gasteiger partial charge in [-0.3, -0.25) is 9.79 Å². The molecule has 3 aliphatic rings. The molecule has 0 radical (unpaired) electrons. The second-order valence-electron chi connectivity index (χ2n) is 3.80. The fourth-order valence-electron chi connectivity index (χ4n) is 2.05. The minimum atomic E-state index is -0.493. The fraction of sp³-hybridized carbons (Fsp3) is 0.167. The van der Waals surface area contributed by atoms with Gasteiger partial charge in [-0.1, -0.05) is 0 Å². The van der Waals surface area contributed by atoms with Crippen molar-refractivity contribution in [2.45, 2.75) is 6.42 Å². The number of carbonyl (C=O) groups excluding carboxylic acids is 2. The molecule has 17 heavy (non-hydrogen) atoms. The van der Waals surface area contributed by atoms with Crippen LogP contribution in [-0.2, 0) is 14.3 Å². The standard InChI is InChI=1S/C12H8N2O3/c1-17-12(16)9-4-7-6-2-3-13-11(6)10(15)5-8(7)14-9/h2-4H,5H2,1H3. The van der Waals surface area contributed by atoms with Gasteiger partial charge in [0.25, 0.3) is 0 Å². The summed E-state index contributed by atoms with van der Waals surface area (Å²) in [5, 5.41) is 0. The predicted octanol–water partition coefficient (Wildman–Crippen LogP) is 0.736. The number of ketones is 1. The first-order valence-corrected chi connectivity index (χ1v) is 5.11. The second-order valence-corrected chi connectivity index (χ2v) is 3.80. The molecule has 0 aromatic heterocycles. The molecular formula is C12H8N2O3. The number of aliphatic imine (C=N–C) groups is 2. The molecule has 5 heteroatoms. The number of hydrogen-bond donors (Lipinski definition) is 0. The average Bonchev–Trinajstić information content (AvgIpc) is 2.92. The van der Waals surface area contributed by atoms with Crippen LogP contribution in [0, 0.1) is 0 Å². The zero-order valence-electron chi connectivity index (χ0n) is 9.06. The Morgan fingerprint density at radius 3 is 3.00 bits per heavy atom. The molecule has 0 atom stereocenters. The number of Topliss-reactive ketones (excluding diaryl/α,β-unsaturated/α-hetero) is 1. The maximum absolute atomic E-state index is 11.7. The van der Waals surface area contributed by atoms with Gasteiger partial charge in [0.15, 0.2) is 5.78 Å². The van der Waals surface area contributed by atoms with Crippen molar-refractivity contribution in [3.8, 4) is 0 Å². The largest absolute Gasteiger partial charge is 0.464 e. The molecule has 3 rings (SSSR count). The highest BCUT2D eigenvalue weighted by Crippen LogP contribution is 2.30. The summed E-state index contributed by atoms with van der Waals surface area (Å²) in [5.74, 6) is -0.556. The van der Waals surface area contributed by atoms with Gasteiger partial charge in [0, 0.05) is 17.3 Å². The van der Waals surface area contributed by atoms with Gasteiger partial charge in [-0.25, -0.2) is 9.79 Å². The number of hydrogen-bond acceptors (Lipinski definition) is 5. The van der Waals surface area contributed by atoms with E-state index in [4.69, 9.17) is 0 Å². The van der Waals surface area contributed by atoms with E-state index >= 15 is 0 Å². The van der Waals surface area contributed by atoms with Crippen LogP contribution in [0.3, 0.4) is 0 Å². The number of esters is 1. The van der Waals surface area contributed by atoms with Crippen molar-refractivity contribution in [1.29, 1.82) is 0 Å². The number of fused-ring (bicyclic) bond motifs is 2. The third kappa shape index (κ3) is 1.32. The minimum Gasteiger partial charge on any atom is -0.464 e. The lowest BCUT2D eigenvalue weighted by Crippen LogP contribution is -2.25. The summed E-state index contributed by atoms with van der Waals surface area (Å²) in [6, 6.07) is 0. The zero-order valence-corrected chi connectivity index (χ0v) is 9.06. The van der Waals surface area contributed by atoms with Gasteiger partial charge in [-0.05, 0) is 12.2 Å². The molecule has 84 valence electrons. The minimum absolute atomic E-state index is 0.0629. The zero-order chi connectivity index (χ0) is 12.0. The predicted molar refractivity (Wildman–Crippen MR) is 60.8 cm³/mol. The Kier molecular flexibility index (Phi) is 1.95. The molecule has 2 aliphatic heterocycles. The molecule has 0 amide bonds. The van der Waals surface area contributed by atoms with Crippen LogP contribution in [0.1, 0.15) is 6.42 Å². The first-order valence-electron chi connectivity index (χ1n) is 5.11. The Hall–Kier alpha value is -2.30. The molecule has 0 aromatic rings. The van der Waals surface area contributed by atoms with Crippen molar-refractivity contribution in [3.63, 3.8) is 0 Å². The van der Waals surface area contributed by atoms with Gasteiger partial charge < -0.3 is 4.74 Å². The Balaban J connectivity index is 2.13. The van der Waals surface area contributed by atoms with Crippen LogP contribution in [0.25, 0.3) is 0 Å². The lowest BCUT2D eigenvalue weighted by molar-refractivity contribution is -0.136. The maximum Gasteiger partial charge on any atom is 0.356 e. The van der Waals surface area contributed by atoms with E-state index in [0.29, 0.717) is 11.4 Å². The number of rotatable bonds is 1. The van der Waals surface area contributed by atoms with Crippen molar-refractivity contribution in [1.82, 2.24) is 0 Å². The molecule has 0 spiro atoms. The molecule has 2 heterocycles. The van der Waals surface area contributed by atoms with E-state index in [9.17, 15) is 9.59 Å². The van der Waals surface area contributed by atoms with Crippen LogP contribution >= 0.6 is 0 Å². The van der Waals surface area contributed by atoms with Crippen LogP contribution in [-0.4, -0.2) is 30.3 Å². The summed E-state index contributed by atoms with van der Waals surface area (Å²) in [6.07, 6.45) is 5.18. The summed E-state index contributed by atoms with van der Waals surface area (Å²) in [4.78, 5) is 31.3. The second kappa shape index (κ2) is 3.35. The summed E-state index contributed by atoms with van der Waals surface area (Å²) in [5.41, 5.74) is 2.87. The van der Waals surface area contributed by atoms with Gasteiger partial charge in [0.05, 0.1) is 19.2 Å². The summed E-state index contributed by atoms with van der Waals surface area (Å²) in [6.45, 7) is 0. The van der Waals surface area contributed by atoms with E-state index in [1.807, 2.05) is 0 Å². The lowest BCUT2D eigenvalue weighted by atomic mass is 9.89. The quantitative estimate of drug-likeness (QED) is 0.621. The van der Waals surface area contributed by atoms with E-state index in [1.54, 1.807) is 18.4 Å². The molecular weight excluding hydrogens is 220 g/mol. The fourth-order valence-corrected chi connectivity index (χ4v) is 2.05. The third-order valence-electron chi connectivity index (χ3n) is 2.82. The van der Waals surface area contributed by atoms with Crippen LogP contribution in [0.15, 0.2) is 45.2 Å². The van der Waals surface area contributed by atoms with Crippen molar-refractivity contribution in [2.75, 3.05) is 7.11 Å². The van der Waals surface area contributed by atoms with E-state index in [2.05, 4.69) is 14.7 Å². The van der Waals surface area contributed by atoms with Gasteiger partial charge in [-0.15, -0.1) is 0 Å². The van der Waals surface area contributed by atoms with Crippen LogP contribution in [0.5, 0.6) is 0 Å². The summed E-state index contributed by atoms with van der Waals surface area (Å²) >= 11 is 0. The van der Waals surface area contributed by atoms with Gasteiger partial charge in [0.2, 0.25) is 0 Å². The van der Waals surface area contributed by atoms with E-state index in [0.717, 1.165) is 11.1 Å². The molecule has 1 aliphatic carbocycles. The van der Waals surface area contributed by atoms with Crippen LogP contribution in [0.2, 0.25) is 0 Å². The van der Waals surface area contributed by atoms with Crippen LogP contribution < -0.4 is 0 Å². The number of methoxy groups -OCH3 is 1. The molecule has 0 unspecified atom stereocenters. The van der Waals surface area contributed by atoms with Gasteiger partial charge in [0.1, 0.15) is 11.4 Å². The molecule has 0 aromatic carbocycles. The molecule has 0 saturated heterocycles. The first kappa shape index (κ1) is 9.89. The number of ether oxygens (including phenoxy) is 1. The maximum atomic E-state index is 11.7. The Morgan fingerprint density at radius 2 is 2.24 bits per heavy atom. The molecule has 0 N–H and O–H groups in total. The molecule has 0 bridgehead atoms. The number of allylic oxidation sites excluding steroid dienone is 4. The summed E-state index contributed by atoms with van der Waals surface area (Å²) < 4.78 is 4.61. The smallest absolute Gasteiger partial charge is 0.356 e. The number of carbonyl (C=O) groups is 2. The van der Waals surface area contributed by atoms with Crippen LogP contribution in [0.4, 0.5) is 0 Å². The highest BCUT2D eigenvalue weighted by Gasteiger charge is 2.33. The molecule has 0 saturated carbocycles. The number of nitrogens with zero attached hydrogens (tertiary/aromatic N) is 2. The van der Waals surface area contributed by atoms with Crippen molar-refractivity contribution in [2.24, 2.45) is 9.98 Å². The van der Waals surface area contributed by atoms with E-state index < -0.39 is 5.97 Å². The van der Waals surface area contributed by atoms with Crippen molar-refractivity contribution < 1.29 is 14.3 Å². The Labute approximate surface area is 96.9 Å². The highest BCUT2D eigenvalue weighted by molar-refractivity contribution is 6.54. The van der Waals surface area contributed by atoms with Crippen molar-refractivity contribution >= 4 is 23.2 Å². The topological polar surface area (TPSA) is 68.1 Å². The average molecular weight is 228 g/mol. The lowest BCUT2D eigenvalue weighted by Gasteiger charge is -2.13. The van der Waals surface area contributed by atoms with Gasteiger partial charge in [-0.2, -0.15) is 0 Å². The van der Waals surface area contributed by atoms with E-state index in [1.165, 1.54) is 7.11 Å². The Morgan fingerprint density at radius 1 is 1.41 bits per heavy atom.